The molecule has 0 bridgehead atoms. The highest BCUT2D eigenvalue weighted by atomic mass is 32.2. The van der Waals surface area contributed by atoms with Crippen LogP contribution in [0.1, 0.15) is 62.3 Å². The highest BCUT2D eigenvalue weighted by Crippen LogP contribution is 2.43. The molecule has 0 aliphatic carbocycles. The summed E-state index contributed by atoms with van der Waals surface area (Å²) in [6.07, 6.45) is -4.07. The Kier molecular flexibility index (Phi) is 6.78. The van der Waals surface area contributed by atoms with Gasteiger partial charge in [0, 0.05) is 12.9 Å². The molecule has 182 valence electrons. The van der Waals surface area contributed by atoms with Gasteiger partial charge in [0.25, 0.3) is 0 Å². The summed E-state index contributed by atoms with van der Waals surface area (Å²) < 4.78 is 95.5. The fourth-order valence-corrected chi connectivity index (χ4v) is 6.41. The molecule has 2 atom stereocenters. The molecule has 2 unspecified atom stereocenters. The number of hydrogen-bond acceptors (Lipinski definition) is 5. The molecule has 0 aromatic heterocycles. The fraction of sp³-hybridized carbons (Fsp3) is 0.478. The Balaban J connectivity index is 2.00. The molecule has 0 amide bonds. The van der Waals surface area contributed by atoms with Crippen molar-refractivity contribution in [1.29, 1.82) is 0 Å². The van der Waals surface area contributed by atoms with E-state index in [1.807, 2.05) is 0 Å². The summed E-state index contributed by atoms with van der Waals surface area (Å²) in [6, 6.07) is 9.01. The van der Waals surface area contributed by atoms with E-state index >= 15 is 0 Å². The van der Waals surface area contributed by atoms with Gasteiger partial charge >= 0.3 is 6.18 Å². The van der Waals surface area contributed by atoms with Crippen LogP contribution in [0.4, 0.5) is 13.2 Å². The van der Waals surface area contributed by atoms with E-state index in [0.717, 1.165) is 12.3 Å². The average Bonchev–Trinajstić information content (AvgIpc) is 2.72. The van der Waals surface area contributed by atoms with Crippen molar-refractivity contribution in [3.63, 3.8) is 0 Å². The number of rotatable bonds is 5. The lowest BCUT2D eigenvalue weighted by atomic mass is 9.92. The third kappa shape index (κ3) is 5.27. The first-order chi connectivity index (χ1) is 15.0. The number of halogens is 3. The van der Waals surface area contributed by atoms with Gasteiger partial charge in [-0.1, -0.05) is 26.0 Å². The number of alkyl halides is 3. The summed E-state index contributed by atoms with van der Waals surface area (Å²) in [5.74, 6) is -0.287. The molecule has 0 N–H and O–H groups in total. The van der Waals surface area contributed by atoms with Crippen molar-refractivity contribution in [2.24, 2.45) is 0 Å². The molecule has 33 heavy (non-hydrogen) atoms. The maximum atomic E-state index is 13.6. The van der Waals surface area contributed by atoms with Gasteiger partial charge in [-0.3, -0.25) is 0 Å². The highest BCUT2D eigenvalue weighted by molar-refractivity contribution is 7.92. The van der Waals surface area contributed by atoms with Crippen molar-refractivity contribution in [3.8, 4) is 0 Å². The molecule has 0 saturated carbocycles. The Morgan fingerprint density at radius 1 is 1.00 bits per heavy atom. The molecule has 2 aromatic rings. The van der Waals surface area contributed by atoms with E-state index in [9.17, 15) is 30.0 Å². The third-order valence-corrected chi connectivity index (χ3v) is 9.78. The van der Waals surface area contributed by atoms with Crippen molar-refractivity contribution < 1.29 is 34.7 Å². The zero-order valence-electron chi connectivity index (χ0n) is 18.8. The van der Waals surface area contributed by atoms with Gasteiger partial charge < -0.3 is 4.74 Å². The van der Waals surface area contributed by atoms with Crippen LogP contribution >= 0.6 is 0 Å². The average molecular weight is 505 g/mol. The summed E-state index contributed by atoms with van der Waals surface area (Å²) in [5.41, 5.74) is -0.0849. The smallest absolute Gasteiger partial charge is 0.373 e. The van der Waals surface area contributed by atoms with Crippen LogP contribution in [0.3, 0.4) is 0 Å². The van der Waals surface area contributed by atoms with E-state index < -0.39 is 42.3 Å². The van der Waals surface area contributed by atoms with Gasteiger partial charge in [-0.2, -0.15) is 13.2 Å². The zero-order valence-corrected chi connectivity index (χ0v) is 20.4. The molecule has 1 heterocycles. The number of hydrogen-bond donors (Lipinski definition) is 0. The standard InChI is InChI=1S/C23H27F3O5S2/c1-15(2)17-11-18(23(24,25)26)13-20(12-17)33(29,30)22(3)9-10-31-21(14-22)16-5-7-19(8-6-16)32(4,27)28/h5-8,11-13,15,21H,9-10,14H2,1-4H3. The van der Waals surface area contributed by atoms with Crippen molar-refractivity contribution in [3.05, 3.63) is 59.2 Å². The SMILES string of the molecule is CC(C)c1cc(C(F)(F)F)cc(S(=O)(=O)C2(C)CCOC(c3ccc(S(C)(=O)=O)cc3)C2)c1. The van der Waals surface area contributed by atoms with E-state index in [2.05, 4.69) is 0 Å². The second-order valence-electron chi connectivity index (χ2n) is 9.05. The highest BCUT2D eigenvalue weighted by Gasteiger charge is 2.46. The predicted octanol–water partition coefficient (Wildman–Crippen LogP) is 5.32. The van der Waals surface area contributed by atoms with E-state index in [0.29, 0.717) is 17.2 Å². The van der Waals surface area contributed by atoms with Gasteiger partial charge in [-0.25, -0.2) is 16.8 Å². The maximum absolute atomic E-state index is 13.6. The molecule has 1 fully saturated rings. The van der Waals surface area contributed by atoms with Crippen molar-refractivity contribution in [1.82, 2.24) is 0 Å². The first-order valence-corrected chi connectivity index (χ1v) is 13.8. The van der Waals surface area contributed by atoms with Gasteiger partial charge in [0.1, 0.15) is 0 Å². The summed E-state index contributed by atoms with van der Waals surface area (Å²) in [6.45, 7) is 5.04. The minimum atomic E-state index is -4.67. The van der Waals surface area contributed by atoms with Crippen LogP contribution in [0.2, 0.25) is 0 Å². The Morgan fingerprint density at radius 3 is 2.12 bits per heavy atom. The Hall–Kier alpha value is -1.91. The van der Waals surface area contributed by atoms with Crippen LogP contribution in [0.5, 0.6) is 0 Å². The molecule has 5 nitrogen and oxygen atoms in total. The van der Waals surface area contributed by atoms with Gasteiger partial charge in [0.15, 0.2) is 19.7 Å². The number of benzene rings is 2. The van der Waals surface area contributed by atoms with Crippen LogP contribution < -0.4 is 0 Å². The molecular formula is C23H27F3O5S2. The summed E-state index contributed by atoms with van der Waals surface area (Å²) in [7, 11) is -7.54. The topological polar surface area (TPSA) is 77.5 Å². The van der Waals surface area contributed by atoms with Crippen LogP contribution in [0.25, 0.3) is 0 Å². The molecule has 1 aliphatic heterocycles. The Bertz CT molecular complexity index is 1230. The first-order valence-electron chi connectivity index (χ1n) is 10.4. The lowest BCUT2D eigenvalue weighted by molar-refractivity contribution is -0.137. The monoisotopic (exact) mass is 504 g/mol. The molecule has 1 saturated heterocycles. The lowest BCUT2D eigenvalue weighted by Gasteiger charge is -2.38. The Labute approximate surface area is 192 Å². The Morgan fingerprint density at radius 2 is 1.61 bits per heavy atom. The van der Waals surface area contributed by atoms with E-state index in [-0.39, 0.29) is 35.2 Å². The molecule has 0 spiro atoms. The quantitative estimate of drug-likeness (QED) is 0.551. The lowest BCUT2D eigenvalue weighted by Crippen LogP contribution is -2.42. The van der Waals surface area contributed by atoms with E-state index in [4.69, 9.17) is 4.74 Å². The van der Waals surface area contributed by atoms with Crippen LogP contribution in [-0.2, 0) is 30.6 Å². The largest absolute Gasteiger partial charge is 0.416 e. The third-order valence-electron chi connectivity index (χ3n) is 6.13. The summed E-state index contributed by atoms with van der Waals surface area (Å²) >= 11 is 0. The van der Waals surface area contributed by atoms with Gasteiger partial charge in [0.05, 0.1) is 26.2 Å². The molecule has 3 rings (SSSR count). The second-order valence-corrected chi connectivity index (χ2v) is 13.5. The fourth-order valence-electron chi connectivity index (χ4n) is 3.92. The molecule has 10 heteroatoms. The van der Waals surface area contributed by atoms with E-state index in [1.165, 1.54) is 25.1 Å². The normalized spacial score (nSPS) is 22.5. The predicted molar refractivity (Wildman–Crippen MR) is 119 cm³/mol. The van der Waals surface area contributed by atoms with E-state index in [1.54, 1.807) is 26.0 Å². The van der Waals surface area contributed by atoms with Gasteiger partial charge in [0.2, 0.25) is 0 Å². The summed E-state index contributed by atoms with van der Waals surface area (Å²) in [5, 5.41) is 0. The van der Waals surface area contributed by atoms with Crippen LogP contribution in [-0.4, -0.2) is 34.4 Å². The van der Waals surface area contributed by atoms with Crippen molar-refractivity contribution >= 4 is 19.7 Å². The van der Waals surface area contributed by atoms with Gasteiger partial charge in [-0.05, 0) is 67.1 Å². The maximum Gasteiger partial charge on any atom is 0.416 e. The van der Waals surface area contributed by atoms with Gasteiger partial charge in [-0.15, -0.1) is 0 Å². The number of sulfone groups is 2. The first kappa shape index (κ1) is 25.7. The zero-order chi connectivity index (χ0) is 24.8. The van der Waals surface area contributed by atoms with Crippen LogP contribution in [0, 0.1) is 0 Å². The molecule has 0 radical (unpaired) electrons. The minimum absolute atomic E-state index is 0.0286. The summed E-state index contributed by atoms with van der Waals surface area (Å²) in [4.78, 5) is -0.223. The molecular weight excluding hydrogens is 477 g/mol. The minimum Gasteiger partial charge on any atom is -0.373 e. The molecule has 2 aromatic carbocycles. The second kappa shape index (κ2) is 8.70. The van der Waals surface area contributed by atoms with Crippen LogP contribution in [0.15, 0.2) is 52.3 Å². The molecule has 1 aliphatic rings. The van der Waals surface area contributed by atoms with Crippen molar-refractivity contribution in [2.45, 2.75) is 66.3 Å². The number of ether oxygens (including phenoxy) is 1. The van der Waals surface area contributed by atoms with Crippen molar-refractivity contribution in [2.75, 3.05) is 12.9 Å².